The minimum absolute atomic E-state index is 0.942. The maximum Gasteiger partial charge on any atom is 0.430 e. The number of rotatable bonds is 2. The van der Waals surface area contributed by atoms with E-state index in [9.17, 15) is 13.2 Å². The summed E-state index contributed by atoms with van der Waals surface area (Å²) < 4.78 is 32.5. The molecular formula is C20H20F3NO2. The van der Waals surface area contributed by atoms with Gasteiger partial charge in [0, 0.05) is 5.56 Å². The Labute approximate surface area is 149 Å². The molecule has 0 saturated carbocycles. The Hall–Kier alpha value is -2.60. The lowest BCUT2D eigenvalue weighted by Crippen LogP contribution is -2.37. The largest absolute Gasteiger partial charge is 0.542 e. The van der Waals surface area contributed by atoms with Crippen LogP contribution in [0, 0.1) is 0 Å². The number of quaternary nitrogens is 1. The van der Waals surface area contributed by atoms with Crippen molar-refractivity contribution in [2.45, 2.75) is 12.7 Å². The van der Waals surface area contributed by atoms with Crippen molar-refractivity contribution in [2.75, 3.05) is 21.1 Å². The number of hydrogen-bond donors (Lipinski definition) is 0. The minimum atomic E-state index is -5.19. The number of aliphatic carboxylic acids is 1. The predicted molar refractivity (Wildman–Crippen MR) is 94.3 cm³/mol. The van der Waals surface area contributed by atoms with Gasteiger partial charge in [0.25, 0.3) is 0 Å². The van der Waals surface area contributed by atoms with Crippen LogP contribution in [-0.2, 0) is 11.3 Å². The highest BCUT2D eigenvalue weighted by Crippen LogP contribution is 2.29. The summed E-state index contributed by atoms with van der Waals surface area (Å²) in [6.45, 7) is 1.04. The van der Waals surface area contributed by atoms with Gasteiger partial charge in [0.15, 0.2) is 0 Å². The van der Waals surface area contributed by atoms with E-state index in [4.69, 9.17) is 9.90 Å². The zero-order valence-corrected chi connectivity index (χ0v) is 14.8. The van der Waals surface area contributed by atoms with Gasteiger partial charge in [-0.15, -0.1) is 0 Å². The molecule has 0 heterocycles. The molecule has 6 heteroatoms. The fourth-order valence-corrected chi connectivity index (χ4v) is 2.75. The molecule has 0 atom stereocenters. The van der Waals surface area contributed by atoms with Gasteiger partial charge < -0.3 is 14.4 Å². The summed E-state index contributed by atoms with van der Waals surface area (Å²) in [4.78, 5) is 8.78. The summed E-state index contributed by atoms with van der Waals surface area (Å²) in [6.07, 6.45) is -5.19. The normalized spacial score (nSPS) is 11.9. The quantitative estimate of drug-likeness (QED) is 0.516. The molecule has 26 heavy (non-hydrogen) atoms. The monoisotopic (exact) mass is 363 g/mol. The molecule has 0 N–H and O–H groups in total. The Balaban J connectivity index is 0.000000298. The lowest BCUT2D eigenvalue weighted by atomic mass is 9.96. The summed E-state index contributed by atoms with van der Waals surface area (Å²) >= 11 is 0. The summed E-state index contributed by atoms with van der Waals surface area (Å²) in [5.41, 5.74) is 1.46. The molecule has 0 aliphatic carbocycles. The third-order valence-electron chi connectivity index (χ3n) is 3.75. The Morgan fingerprint density at radius 2 is 1.31 bits per heavy atom. The van der Waals surface area contributed by atoms with E-state index < -0.39 is 12.1 Å². The minimum Gasteiger partial charge on any atom is -0.542 e. The third kappa shape index (κ3) is 4.95. The van der Waals surface area contributed by atoms with Crippen molar-refractivity contribution in [1.29, 1.82) is 0 Å². The fourth-order valence-electron chi connectivity index (χ4n) is 2.75. The average molecular weight is 363 g/mol. The lowest BCUT2D eigenvalue weighted by molar-refractivity contribution is -0.883. The number of fused-ring (bicyclic) bond motifs is 2. The summed E-state index contributed by atoms with van der Waals surface area (Å²) in [7, 11) is 6.74. The van der Waals surface area contributed by atoms with Crippen molar-refractivity contribution in [3.63, 3.8) is 0 Å². The van der Waals surface area contributed by atoms with Crippen LogP contribution in [0.15, 0.2) is 54.6 Å². The number of carboxylic acid groups (broad SMARTS) is 1. The molecule has 0 spiro atoms. The van der Waals surface area contributed by atoms with Crippen LogP contribution >= 0.6 is 0 Å². The summed E-state index contributed by atoms with van der Waals surface area (Å²) in [5, 5.41) is 14.2. The van der Waals surface area contributed by atoms with Crippen LogP contribution in [0.3, 0.4) is 0 Å². The molecule has 0 aromatic heterocycles. The highest BCUT2D eigenvalue weighted by Gasteiger charge is 2.28. The van der Waals surface area contributed by atoms with E-state index in [1.807, 2.05) is 0 Å². The summed E-state index contributed by atoms with van der Waals surface area (Å²) in [5.74, 6) is -3.01. The van der Waals surface area contributed by atoms with Gasteiger partial charge in [-0.2, -0.15) is 13.2 Å². The van der Waals surface area contributed by atoms with E-state index in [-0.39, 0.29) is 0 Å². The molecule has 3 nitrogen and oxygen atoms in total. The average Bonchev–Trinajstić information content (AvgIpc) is 2.53. The maximum absolute atomic E-state index is 10.5. The highest BCUT2D eigenvalue weighted by atomic mass is 19.4. The van der Waals surface area contributed by atoms with Gasteiger partial charge in [0.05, 0.1) is 21.1 Å². The van der Waals surface area contributed by atoms with E-state index >= 15 is 0 Å². The Kier molecular flexibility index (Phi) is 5.56. The van der Waals surface area contributed by atoms with Crippen molar-refractivity contribution in [3.05, 3.63) is 60.2 Å². The number of nitrogens with zero attached hydrogens (tertiary/aromatic N) is 1. The summed E-state index contributed by atoms with van der Waals surface area (Å²) in [6, 6.07) is 19.7. The van der Waals surface area contributed by atoms with Gasteiger partial charge in [-0.1, -0.05) is 48.5 Å². The van der Waals surface area contributed by atoms with E-state index in [1.165, 1.54) is 27.1 Å². The molecule has 0 fully saturated rings. The molecule has 0 saturated heterocycles. The molecule has 0 aliphatic rings. The van der Waals surface area contributed by atoms with Crippen LogP contribution in [0.5, 0.6) is 0 Å². The molecule has 0 unspecified atom stereocenters. The van der Waals surface area contributed by atoms with Crippen molar-refractivity contribution in [1.82, 2.24) is 0 Å². The molecule has 3 aromatic rings. The van der Waals surface area contributed by atoms with Gasteiger partial charge >= 0.3 is 6.18 Å². The number of carboxylic acids is 1. The van der Waals surface area contributed by atoms with Crippen LogP contribution in [0.4, 0.5) is 13.2 Å². The van der Waals surface area contributed by atoms with Gasteiger partial charge in [0.1, 0.15) is 12.5 Å². The van der Waals surface area contributed by atoms with E-state index in [0.717, 1.165) is 11.0 Å². The molecule has 0 aliphatic heterocycles. The van der Waals surface area contributed by atoms with E-state index in [0.29, 0.717) is 0 Å². The fraction of sp³-hybridized carbons (Fsp3) is 0.250. The SMILES string of the molecule is C[N+](C)(C)Cc1c2ccccc2cc2ccccc12.O=C([O-])C(F)(F)F. The van der Waals surface area contributed by atoms with Crippen molar-refractivity contribution < 1.29 is 27.6 Å². The Bertz CT molecular complexity index is 874. The first-order valence-corrected chi connectivity index (χ1v) is 7.97. The molecular weight excluding hydrogens is 343 g/mol. The van der Waals surface area contributed by atoms with E-state index in [2.05, 4.69) is 75.7 Å². The lowest BCUT2D eigenvalue weighted by Gasteiger charge is -2.25. The van der Waals surface area contributed by atoms with Gasteiger partial charge in [0.2, 0.25) is 0 Å². The molecule has 0 amide bonds. The first-order valence-electron chi connectivity index (χ1n) is 7.97. The van der Waals surface area contributed by atoms with Gasteiger partial charge in [-0.25, -0.2) is 0 Å². The molecule has 3 rings (SSSR count). The smallest absolute Gasteiger partial charge is 0.430 e. The van der Waals surface area contributed by atoms with Crippen LogP contribution in [0.1, 0.15) is 5.56 Å². The zero-order valence-electron chi connectivity index (χ0n) is 14.8. The number of halogens is 3. The maximum atomic E-state index is 10.5. The van der Waals surface area contributed by atoms with Crippen LogP contribution in [0.2, 0.25) is 0 Å². The van der Waals surface area contributed by atoms with Crippen LogP contribution in [-0.4, -0.2) is 37.8 Å². The Morgan fingerprint density at radius 1 is 0.923 bits per heavy atom. The van der Waals surface area contributed by atoms with Gasteiger partial charge in [-0.05, 0) is 27.6 Å². The highest BCUT2D eigenvalue weighted by molar-refractivity contribution is 6.02. The second kappa shape index (κ2) is 7.33. The first kappa shape index (κ1) is 19.7. The molecule has 138 valence electrons. The van der Waals surface area contributed by atoms with Crippen LogP contribution in [0.25, 0.3) is 21.5 Å². The number of carbonyl (C=O) groups is 1. The number of benzene rings is 3. The number of hydrogen-bond acceptors (Lipinski definition) is 2. The van der Waals surface area contributed by atoms with Crippen LogP contribution < -0.4 is 5.11 Å². The molecule has 0 radical (unpaired) electrons. The first-order chi connectivity index (χ1) is 12.0. The predicted octanol–water partition coefficient (Wildman–Crippen LogP) is 3.50. The molecule has 0 bridgehead atoms. The second-order valence-electron chi connectivity index (χ2n) is 7.03. The second-order valence-corrected chi connectivity index (χ2v) is 7.03. The van der Waals surface area contributed by atoms with Crippen molar-refractivity contribution in [3.8, 4) is 0 Å². The van der Waals surface area contributed by atoms with Crippen molar-refractivity contribution >= 4 is 27.5 Å². The van der Waals surface area contributed by atoms with Gasteiger partial charge in [-0.3, -0.25) is 0 Å². The topological polar surface area (TPSA) is 40.1 Å². The number of alkyl halides is 3. The van der Waals surface area contributed by atoms with E-state index in [1.54, 1.807) is 0 Å². The number of carbonyl (C=O) groups excluding carboxylic acids is 1. The standard InChI is InChI=1S/C18H20N.C2HF3O2/c1-19(2,3)13-18-16-10-6-4-8-14(16)12-15-9-5-7-11-17(15)18;3-2(4,5)1(6)7/h4-12H,13H2,1-3H3;(H,6,7)/q+1;/p-1. The third-order valence-corrected chi connectivity index (χ3v) is 3.75. The van der Waals surface area contributed by atoms with Crippen molar-refractivity contribution in [2.24, 2.45) is 0 Å². The zero-order chi connectivity index (χ0) is 19.5. The Morgan fingerprint density at radius 3 is 1.65 bits per heavy atom. The molecule has 3 aromatic carbocycles.